The predicted octanol–water partition coefficient (Wildman–Crippen LogP) is 5.83. The lowest BCUT2D eigenvalue weighted by Crippen LogP contribution is -2.55. The molecule has 1 aromatic carbocycles. The van der Waals surface area contributed by atoms with Gasteiger partial charge in [-0.15, -0.1) is 0 Å². The standard InChI is InChI=1S/C28H37ClN4O2/c1-5-32(26(35)28-14-18-10-19(15-28)12-20(11-18)16-28)17-25(34)30-24-13-23(27(2,3)4)31-33(24)22-8-6-21(29)7-9-22/h6-9,13,18-20H,5,10-12,14-17H2,1-4H3,(H,30,34). The predicted molar refractivity (Wildman–Crippen MR) is 139 cm³/mol. The van der Waals surface area contributed by atoms with Crippen molar-refractivity contribution in [3.8, 4) is 5.69 Å². The van der Waals surface area contributed by atoms with Gasteiger partial charge in [-0.05, 0) is 87.5 Å². The number of nitrogens with zero attached hydrogens (tertiary/aromatic N) is 3. The minimum atomic E-state index is -0.241. The Bertz CT molecular complexity index is 1080. The molecule has 4 saturated carbocycles. The van der Waals surface area contributed by atoms with Crippen molar-refractivity contribution in [1.29, 1.82) is 0 Å². The van der Waals surface area contributed by atoms with Gasteiger partial charge in [-0.3, -0.25) is 9.59 Å². The third-order valence-corrected chi connectivity index (χ3v) is 8.56. The van der Waals surface area contributed by atoms with Crippen LogP contribution in [0.25, 0.3) is 5.69 Å². The van der Waals surface area contributed by atoms with Gasteiger partial charge in [0.15, 0.2) is 0 Å². The maximum atomic E-state index is 13.8. The number of amides is 2. The van der Waals surface area contributed by atoms with Gasteiger partial charge in [0, 0.05) is 23.0 Å². The Balaban J connectivity index is 1.34. The zero-order valence-corrected chi connectivity index (χ0v) is 22.1. The Kier molecular flexibility index (Phi) is 6.23. The third-order valence-electron chi connectivity index (χ3n) is 8.31. The molecule has 6 rings (SSSR count). The molecule has 0 aliphatic heterocycles. The fourth-order valence-electron chi connectivity index (χ4n) is 7.01. The van der Waals surface area contributed by atoms with Crippen molar-refractivity contribution >= 4 is 29.2 Å². The molecule has 188 valence electrons. The van der Waals surface area contributed by atoms with Crippen molar-refractivity contribution in [3.63, 3.8) is 0 Å². The van der Waals surface area contributed by atoms with Crippen molar-refractivity contribution < 1.29 is 9.59 Å². The average Bonchev–Trinajstić information content (AvgIpc) is 3.21. The smallest absolute Gasteiger partial charge is 0.245 e. The number of benzene rings is 1. The van der Waals surface area contributed by atoms with Gasteiger partial charge in [0.25, 0.3) is 0 Å². The van der Waals surface area contributed by atoms with Gasteiger partial charge < -0.3 is 10.2 Å². The first kappa shape index (κ1) is 24.4. The Hall–Kier alpha value is -2.34. The molecule has 4 fully saturated rings. The van der Waals surface area contributed by atoms with Crippen LogP contribution in [-0.4, -0.2) is 39.6 Å². The summed E-state index contributed by atoms with van der Waals surface area (Å²) >= 11 is 6.08. The molecule has 1 N–H and O–H groups in total. The summed E-state index contributed by atoms with van der Waals surface area (Å²) in [6, 6.07) is 9.30. The van der Waals surface area contributed by atoms with Gasteiger partial charge >= 0.3 is 0 Å². The number of carbonyl (C=O) groups excluding carboxylic acids is 2. The zero-order valence-electron chi connectivity index (χ0n) is 21.3. The van der Waals surface area contributed by atoms with E-state index in [9.17, 15) is 9.59 Å². The van der Waals surface area contributed by atoms with Crippen LogP contribution in [0.5, 0.6) is 0 Å². The lowest BCUT2D eigenvalue weighted by molar-refractivity contribution is -0.158. The van der Waals surface area contributed by atoms with Crippen LogP contribution in [0.4, 0.5) is 5.82 Å². The monoisotopic (exact) mass is 496 g/mol. The molecule has 0 unspecified atom stereocenters. The summed E-state index contributed by atoms with van der Waals surface area (Å²) in [5.41, 5.74) is 1.27. The molecule has 0 radical (unpaired) electrons. The van der Waals surface area contributed by atoms with E-state index in [1.807, 2.05) is 37.3 Å². The highest BCUT2D eigenvalue weighted by molar-refractivity contribution is 6.30. The number of likely N-dealkylation sites (N-methyl/N-ethyl adjacent to an activating group) is 1. The summed E-state index contributed by atoms with van der Waals surface area (Å²) in [5, 5.41) is 8.46. The second kappa shape index (κ2) is 8.95. The maximum absolute atomic E-state index is 13.8. The van der Waals surface area contributed by atoms with Crippen molar-refractivity contribution in [2.24, 2.45) is 23.2 Å². The van der Waals surface area contributed by atoms with E-state index >= 15 is 0 Å². The van der Waals surface area contributed by atoms with E-state index < -0.39 is 0 Å². The molecule has 2 amide bonds. The van der Waals surface area contributed by atoms with Gasteiger partial charge in [-0.25, -0.2) is 4.68 Å². The first-order chi connectivity index (χ1) is 16.6. The van der Waals surface area contributed by atoms with Crippen LogP contribution in [-0.2, 0) is 15.0 Å². The van der Waals surface area contributed by atoms with E-state index in [4.69, 9.17) is 16.7 Å². The van der Waals surface area contributed by atoms with Crippen molar-refractivity contribution in [2.45, 2.75) is 71.6 Å². The van der Waals surface area contributed by atoms with Gasteiger partial charge in [0.05, 0.1) is 23.3 Å². The molecule has 0 atom stereocenters. The van der Waals surface area contributed by atoms with Crippen molar-refractivity contribution in [3.05, 3.63) is 41.0 Å². The fraction of sp³-hybridized carbons (Fsp3) is 0.607. The maximum Gasteiger partial charge on any atom is 0.245 e. The minimum absolute atomic E-state index is 0.0632. The highest BCUT2D eigenvalue weighted by atomic mass is 35.5. The van der Waals surface area contributed by atoms with Crippen LogP contribution >= 0.6 is 11.6 Å². The Morgan fingerprint density at radius 1 is 1.09 bits per heavy atom. The SMILES string of the molecule is CCN(CC(=O)Nc1cc(C(C)(C)C)nn1-c1ccc(Cl)cc1)C(=O)C12CC3CC(CC(C3)C1)C2. The Morgan fingerprint density at radius 3 is 2.17 bits per heavy atom. The molecule has 35 heavy (non-hydrogen) atoms. The molecular weight excluding hydrogens is 460 g/mol. The summed E-state index contributed by atoms with van der Waals surface area (Å²) in [6.07, 6.45) is 6.91. The van der Waals surface area contributed by atoms with E-state index in [0.717, 1.165) is 30.6 Å². The molecule has 4 bridgehead atoms. The van der Waals surface area contributed by atoms with E-state index in [1.165, 1.54) is 19.3 Å². The van der Waals surface area contributed by atoms with Crippen LogP contribution in [0.15, 0.2) is 30.3 Å². The number of rotatable bonds is 6. The molecule has 1 heterocycles. The summed E-state index contributed by atoms with van der Waals surface area (Å²) in [6.45, 7) is 8.86. The summed E-state index contributed by atoms with van der Waals surface area (Å²) in [4.78, 5) is 28.8. The number of nitrogens with one attached hydrogen (secondary N) is 1. The quantitative estimate of drug-likeness (QED) is 0.547. The number of halogens is 1. The topological polar surface area (TPSA) is 67.2 Å². The van der Waals surface area contributed by atoms with Crippen molar-refractivity contribution in [1.82, 2.24) is 14.7 Å². The van der Waals surface area contributed by atoms with Crippen LogP contribution in [0.3, 0.4) is 0 Å². The van der Waals surface area contributed by atoms with E-state index in [-0.39, 0.29) is 29.2 Å². The number of aromatic nitrogens is 2. The first-order valence-corrected chi connectivity index (χ1v) is 13.4. The lowest BCUT2D eigenvalue weighted by Gasteiger charge is -2.56. The highest BCUT2D eigenvalue weighted by Crippen LogP contribution is 2.60. The molecule has 6 nitrogen and oxygen atoms in total. The van der Waals surface area contributed by atoms with Crippen LogP contribution < -0.4 is 5.32 Å². The van der Waals surface area contributed by atoms with Crippen LogP contribution in [0, 0.1) is 23.2 Å². The summed E-state index contributed by atoms with van der Waals surface area (Å²) < 4.78 is 1.74. The minimum Gasteiger partial charge on any atom is -0.333 e. The molecule has 2 aromatic rings. The number of hydrogen-bond donors (Lipinski definition) is 1. The molecule has 4 aliphatic carbocycles. The number of anilines is 1. The van der Waals surface area contributed by atoms with Gasteiger partial charge in [0.2, 0.25) is 11.8 Å². The molecule has 4 aliphatic rings. The van der Waals surface area contributed by atoms with E-state index in [2.05, 4.69) is 26.1 Å². The summed E-state index contributed by atoms with van der Waals surface area (Å²) in [5.74, 6) is 2.68. The van der Waals surface area contributed by atoms with Crippen molar-refractivity contribution in [2.75, 3.05) is 18.4 Å². The summed E-state index contributed by atoms with van der Waals surface area (Å²) in [7, 11) is 0. The fourth-order valence-corrected chi connectivity index (χ4v) is 7.13. The molecule has 0 spiro atoms. The average molecular weight is 497 g/mol. The van der Waals surface area contributed by atoms with Gasteiger partial charge in [-0.2, -0.15) is 5.10 Å². The molecule has 7 heteroatoms. The molecule has 0 saturated heterocycles. The van der Waals surface area contributed by atoms with E-state index in [1.54, 1.807) is 9.58 Å². The normalized spacial score (nSPS) is 27.2. The largest absolute Gasteiger partial charge is 0.333 e. The zero-order chi connectivity index (χ0) is 25.0. The van der Waals surface area contributed by atoms with Gasteiger partial charge in [-0.1, -0.05) is 32.4 Å². The lowest BCUT2D eigenvalue weighted by atomic mass is 9.49. The Morgan fingerprint density at radius 2 is 1.66 bits per heavy atom. The number of hydrogen-bond acceptors (Lipinski definition) is 3. The Labute approximate surface area is 213 Å². The molecular formula is C28H37ClN4O2. The van der Waals surface area contributed by atoms with E-state index in [0.29, 0.717) is 35.1 Å². The second-order valence-corrected chi connectivity index (χ2v) is 12.6. The van der Waals surface area contributed by atoms with Crippen LogP contribution in [0.1, 0.15) is 71.9 Å². The van der Waals surface area contributed by atoms with Gasteiger partial charge in [0.1, 0.15) is 5.82 Å². The highest BCUT2D eigenvalue weighted by Gasteiger charge is 2.55. The molecule has 1 aromatic heterocycles. The third kappa shape index (κ3) is 4.74. The first-order valence-electron chi connectivity index (χ1n) is 13.0. The van der Waals surface area contributed by atoms with Crippen LogP contribution in [0.2, 0.25) is 5.02 Å². The number of carbonyl (C=O) groups is 2. The second-order valence-electron chi connectivity index (χ2n) is 12.1.